The molecule has 0 aliphatic carbocycles. The van der Waals surface area contributed by atoms with Crippen LogP contribution in [-0.2, 0) is 10.5 Å². The number of hydrogen-bond acceptors (Lipinski definition) is 4. The average molecular weight is 417 g/mol. The molecule has 1 N–H and O–H groups in total. The minimum atomic E-state index is -0.0968. The van der Waals surface area contributed by atoms with Gasteiger partial charge in [-0.15, -0.1) is 23.1 Å². The monoisotopic (exact) mass is 416 g/mol. The fourth-order valence-corrected chi connectivity index (χ4v) is 5.21. The highest BCUT2D eigenvalue weighted by atomic mass is 32.2. The molecule has 1 saturated heterocycles. The summed E-state index contributed by atoms with van der Waals surface area (Å²) in [6, 6.07) is 12.0. The third-order valence-electron chi connectivity index (χ3n) is 4.98. The van der Waals surface area contributed by atoms with Crippen LogP contribution >= 0.6 is 23.1 Å². The van der Waals surface area contributed by atoms with Gasteiger partial charge in [0.05, 0.1) is 11.5 Å². The number of benzene rings is 1. The quantitative estimate of drug-likeness (QED) is 0.496. The van der Waals surface area contributed by atoms with Gasteiger partial charge in [-0.05, 0) is 42.8 Å². The van der Waals surface area contributed by atoms with Gasteiger partial charge in [0.1, 0.15) is 0 Å². The molecule has 0 saturated carbocycles. The number of carbonyl (C=O) groups is 2. The molecule has 1 aromatic carbocycles. The predicted molar refractivity (Wildman–Crippen MR) is 117 cm³/mol. The van der Waals surface area contributed by atoms with Gasteiger partial charge in [-0.1, -0.05) is 31.5 Å². The zero-order chi connectivity index (χ0) is 19.8. The van der Waals surface area contributed by atoms with Crippen LogP contribution in [0.25, 0.3) is 0 Å². The molecule has 2 aromatic rings. The first-order valence-corrected chi connectivity index (χ1v) is 11.9. The van der Waals surface area contributed by atoms with Crippen LogP contribution in [-0.4, -0.2) is 36.3 Å². The number of nitrogens with zero attached hydrogens (tertiary/aromatic N) is 1. The summed E-state index contributed by atoms with van der Waals surface area (Å²) in [7, 11) is 0. The molecular weight excluding hydrogens is 388 g/mol. The standard InChI is InChI=1S/C22H28N2O2S2/c1-2-3-12-23-21(25)17-8-6-13-24(15-17)22(26)19-10-4-5-11-20(19)28-16-18-9-7-14-27-18/h4-5,7,9-11,14,17H,2-3,6,8,12-13,15-16H2,1H3,(H,23,25). The second-order valence-electron chi connectivity index (χ2n) is 7.10. The summed E-state index contributed by atoms with van der Waals surface area (Å²) in [5.74, 6) is 0.900. The number of hydrogen-bond donors (Lipinski definition) is 1. The van der Waals surface area contributed by atoms with Crippen molar-refractivity contribution in [1.29, 1.82) is 0 Å². The minimum Gasteiger partial charge on any atom is -0.356 e. The van der Waals surface area contributed by atoms with Crippen molar-refractivity contribution in [1.82, 2.24) is 10.2 Å². The summed E-state index contributed by atoms with van der Waals surface area (Å²) in [5.41, 5.74) is 0.746. The number of likely N-dealkylation sites (tertiary alicyclic amines) is 1. The van der Waals surface area contributed by atoms with Crippen LogP contribution in [0.5, 0.6) is 0 Å². The first kappa shape index (κ1) is 20.9. The molecule has 2 heterocycles. The summed E-state index contributed by atoms with van der Waals surface area (Å²) in [6.45, 7) is 4.07. The van der Waals surface area contributed by atoms with Crippen molar-refractivity contribution in [2.45, 2.75) is 43.3 Å². The van der Waals surface area contributed by atoms with Gasteiger partial charge in [-0.25, -0.2) is 0 Å². The van der Waals surface area contributed by atoms with E-state index >= 15 is 0 Å². The van der Waals surface area contributed by atoms with E-state index in [1.807, 2.05) is 29.2 Å². The van der Waals surface area contributed by atoms with Crippen LogP contribution in [0.1, 0.15) is 47.8 Å². The number of rotatable bonds is 8. The number of thiophene rings is 1. The van der Waals surface area contributed by atoms with E-state index in [9.17, 15) is 9.59 Å². The highest BCUT2D eigenvalue weighted by molar-refractivity contribution is 7.98. The van der Waals surface area contributed by atoms with Crippen molar-refractivity contribution >= 4 is 34.9 Å². The third-order valence-corrected chi connectivity index (χ3v) is 7.16. The molecule has 6 heteroatoms. The summed E-state index contributed by atoms with van der Waals surface area (Å²) >= 11 is 3.44. The Balaban J connectivity index is 1.63. The lowest BCUT2D eigenvalue weighted by atomic mass is 9.96. The topological polar surface area (TPSA) is 49.4 Å². The van der Waals surface area contributed by atoms with E-state index in [-0.39, 0.29) is 17.7 Å². The second kappa shape index (κ2) is 10.7. The van der Waals surface area contributed by atoms with Gasteiger partial charge in [0.25, 0.3) is 5.91 Å². The summed E-state index contributed by atoms with van der Waals surface area (Å²) < 4.78 is 0. The minimum absolute atomic E-state index is 0.0420. The molecule has 1 atom stereocenters. The Bertz CT molecular complexity index is 777. The zero-order valence-corrected chi connectivity index (χ0v) is 18.0. The normalized spacial score (nSPS) is 16.8. The molecule has 0 spiro atoms. The second-order valence-corrected chi connectivity index (χ2v) is 9.15. The third kappa shape index (κ3) is 5.61. The molecule has 150 valence electrons. The maximum Gasteiger partial charge on any atom is 0.255 e. The van der Waals surface area contributed by atoms with Crippen LogP contribution in [0.15, 0.2) is 46.7 Å². The lowest BCUT2D eigenvalue weighted by molar-refractivity contribution is -0.126. The van der Waals surface area contributed by atoms with Gasteiger partial charge in [0.15, 0.2) is 0 Å². The Morgan fingerprint density at radius 3 is 2.89 bits per heavy atom. The van der Waals surface area contributed by atoms with E-state index in [0.29, 0.717) is 6.54 Å². The van der Waals surface area contributed by atoms with Crippen LogP contribution < -0.4 is 5.32 Å². The zero-order valence-electron chi connectivity index (χ0n) is 16.4. The Labute approximate surface area is 175 Å². The highest BCUT2D eigenvalue weighted by Crippen LogP contribution is 2.29. The van der Waals surface area contributed by atoms with E-state index in [2.05, 4.69) is 29.8 Å². The molecule has 3 rings (SSSR count). The number of unbranched alkanes of at least 4 members (excludes halogenated alkanes) is 1. The van der Waals surface area contributed by atoms with Crippen LogP contribution in [0.4, 0.5) is 0 Å². The number of amides is 2. The molecule has 2 amide bonds. The van der Waals surface area contributed by atoms with Crippen molar-refractivity contribution in [3.8, 4) is 0 Å². The van der Waals surface area contributed by atoms with Crippen molar-refractivity contribution in [2.75, 3.05) is 19.6 Å². The molecule has 1 fully saturated rings. The fraction of sp³-hybridized carbons (Fsp3) is 0.455. The SMILES string of the molecule is CCCCNC(=O)C1CCCN(C(=O)c2ccccc2SCc2cccs2)C1. The molecule has 4 nitrogen and oxygen atoms in total. The highest BCUT2D eigenvalue weighted by Gasteiger charge is 2.29. The number of piperidine rings is 1. The number of carbonyl (C=O) groups excluding carboxylic acids is 2. The molecule has 28 heavy (non-hydrogen) atoms. The van der Waals surface area contributed by atoms with E-state index in [4.69, 9.17) is 0 Å². The summed E-state index contributed by atoms with van der Waals surface area (Å²) in [6.07, 6.45) is 3.80. The molecule has 1 aromatic heterocycles. The smallest absolute Gasteiger partial charge is 0.255 e. The van der Waals surface area contributed by atoms with Gasteiger partial charge in [-0.3, -0.25) is 9.59 Å². The van der Waals surface area contributed by atoms with Gasteiger partial charge in [0.2, 0.25) is 5.91 Å². The fourth-order valence-electron chi connectivity index (χ4n) is 3.39. The molecule has 0 bridgehead atoms. The predicted octanol–water partition coefficient (Wildman–Crippen LogP) is 4.81. The van der Waals surface area contributed by atoms with Crippen molar-refractivity contribution in [3.63, 3.8) is 0 Å². The van der Waals surface area contributed by atoms with Gasteiger partial charge in [-0.2, -0.15) is 0 Å². The largest absolute Gasteiger partial charge is 0.356 e. The first-order chi connectivity index (χ1) is 13.7. The molecule has 0 radical (unpaired) electrons. The Morgan fingerprint density at radius 2 is 2.11 bits per heavy atom. The molecule has 1 aliphatic rings. The molecular formula is C22H28N2O2S2. The van der Waals surface area contributed by atoms with E-state index < -0.39 is 0 Å². The Kier molecular flexibility index (Phi) is 7.98. The van der Waals surface area contributed by atoms with E-state index in [0.717, 1.165) is 55.0 Å². The van der Waals surface area contributed by atoms with Crippen molar-refractivity contribution in [3.05, 3.63) is 52.2 Å². The average Bonchev–Trinajstić information content (AvgIpc) is 3.26. The maximum atomic E-state index is 13.2. The van der Waals surface area contributed by atoms with E-state index in [1.165, 1.54) is 4.88 Å². The number of nitrogens with one attached hydrogen (secondary N) is 1. The number of thioether (sulfide) groups is 1. The van der Waals surface area contributed by atoms with Crippen LogP contribution in [0.2, 0.25) is 0 Å². The Morgan fingerprint density at radius 1 is 1.25 bits per heavy atom. The molecule has 1 unspecified atom stereocenters. The lowest BCUT2D eigenvalue weighted by Gasteiger charge is -2.32. The van der Waals surface area contributed by atoms with Gasteiger partial charge < -0.3 is 10.2 Å². The van der Waals surface area contributed by atoms with E-state index in [1.54, 1.807) is 23.1 Å². The van der Waals surface area contributed by atoms with Crippen LogP contribution in [0.3, 0.4) is 0 Å². The van der Waals surface area contributed by atoms with Crippen molar-refractivity contribution in [2.24, 2.45) is 5.92 Å². The van der Waals surface area contributed by atoms with Crippen molar-refractivity contribution < 1.29 is 9.59 Å². The van der Waals surface area contributed by atoms with Crippen LogP contribution in [0, 0.1) is 5.92 Å². The summed E-state index contributed by atoms with van der Waals surface area (Å²) in [4.78, 5) is 29.8. The van der Waals surface area contributed by atoms with Gasteiger partial charge >= 0.3 is 0 Å². The molecule has 1 aliphatic heterocycles. The maximum absolute atomic E-state index is 13.2. The summed E-state index contributed by atoms with van der Waals surface area (Å²) in [5, 5.41) is 5.10. The van der Waals surface area contributed by atoms with Gasteiger partial charge in [0, 0.05) is 35.2 Å². The first-order valence-electron chi connectivity index (χ1n) is 10.00. The Hall–Kier alpha value is -1.79. The lowest BCUT2D eigenvalue weighted by Crippen LogP contribution is -2.45.